The average Bonchev–Trinajstić information content (AvgIpc) is 3.32. The standard InChI is InChI=1S/C19H16N2O/c1-22-18-11-17(15-5-3-2-4-6-15)13-21-19(18)16(12-20-21)10-9-14-7-8-14/h2-6,11-14H,7-8H2,1H3. The maximum Gasteiger partial charge on any atom is 0.146 e. The van der Waals surface area contributed by atoms with E-state index >= 15 is 0 Å². The lowest BCUT2D eigenvalue weighted by molar-refractivity contribution is 0.417. The van der Waals surface area contributed by atoms with E-state index in [0.29, 0.717) is 5.92 Å². The summed E-state index contributed by atoms with van der Waals surface area (Å²) in [4.78, 5) is 0. The summed E-state index contributed by atoms with van der Waals surface area (Å²) in [5.74, 6) is 7.92. The zero-order valence-electron chi connectivity index (χ0n) is 12.4. The molecule has 108 valence electrons. The molecule has 0 unspecified atom stereocenters. The summed E-state index contributed by atoms with van der Waals surface area (Å²) in [6, 6.07) is 12.3. The van der Waals surface area contributed by atoms with Crippen molar-refractivity contribution in [1.82, 2.24) is 9.61 Å². The maximum atomic E-state index is 5.58. The summed E-state index contributed by atoms with van der Waals surface area (Å²) >= 11 is 0. The van der Waals surface area contributed by atoms with Crippen LogP contribution in [0.25, 0.3) is 16.6 Å². The summed E-state index contributed by atoms with van der Waals surface area (Å²) < 4.78 is 7.44. The van der Waals surface area contributed by atoms with E-state index in [9.17, 15) is 0 Å². The predicted molar refractivity (Wildman–Crippen MR) is 86.8 cm³/mol. The van der Waals surface area contributed by atoms with Gasteiger partial charge in [-0.2, -0.15) is 5.10 Å². The highest BCUT2D eigenvalue weighted by Crippen LogP contribution is 2.31. The first-order valence-electron chi connectivity index (χ1n) is 7.47. The molecular weight excluding hydrogens is 272 g/mol. The number of methoxy groups -OCH3 is 1. The lowest BCUT2D eigenvalue weighted by atomic mass is 10.1. The molecule has 0 bridgehead atoms. The molecule has 3 nitrogen and oxygen atoms in total. The molecule has 22 heavy (non-hydrogen) atoms. The van der Waals surface area contributed by atoms with E-state index in [1.54, 1.807) is 7.11 Å². The Morgan fingerprint density at radius 3 is 2.73 bits per heavy atom. The number of benzene rings is 1. The molecule has 1 aliphatic carbocycles. The van der Waals surface area contributed by atoms with E-state index in [-0.39, 0.29) is 0 Å². The Kier molecular flexibility index (Phi) is 3.08. The Bertz CT molecular complexity index is 880. The Balaban J connectivity index is 1.86. The van der Waals surface area contributed by atoms with Crippen molar-refractivity contribution in [3.63, 3.8) is 0 Å². The van der Waals surface area contributed by atoms with Crippen LogP contribution in [-0.2, 0) is 0 Å². The fourth-order valence-corrected chi connectivity index (χ4v) is 2.53. The second-order valence-corrected chi connectivity index (χ2v) is 5.56. The number of hydrogen-bond acceptors (Lipinski definition) is 2. The van der Waals surface area contributed by atoms with Crippen molar-refractivity contribution in [3.8, 4) is 28.7 Å². The number of nitrogens with zero attached hydrogens (tertiary/aromatic N) is 2. The third-order valence-corrected chi connectivity index (χ3v) is 3.89. The number of aromatic nitrogens is 2. The van der Waals surface area contributed by atoms with E-state index in [1.165, 1.54) is 12.8 Å². The highest BCUT2D eigenvalue weighted by atomic mass is 16.5. The van der Waals surface area contributed by atoms with Crippen molar-refractivity contribution < 1.29 is 4.74 Å². The van der Waals surface area contributed by atoms with Crippen LogP contribution in [0.3, 0.4) is 0 Å². The van der Waals surface area contributed by atoms with Gasteiger partial charge in [-0.3, -0.25) is 0 Å². The van der Waals surface area contributed by atoms with Crippen molar-refractivity contribution in [1.29, 1.82) is 0 Å². The molecule has 0 amide bonds. The largest absolute Gasteiger partial charge is 0.494 e. The zero-order chi connectivity index (χ0) is 14.9. The van der Waals surface area contributed by atoms with Crippen LogP contribution in [-0.4, -0.2) is 16.7 Å². The zero-order valence-corrected chi connectivity index (χ0v) is 12.4. The first-order valence-corrected chi connectivity index (χ1v) is 7.47. The Morgan fingerprint density at radius 2 is 2.00 bits per heavy atom. The van der Waals surface area contributed by atoms with Gasteiger partial charge in [0.2, 0.25) is 0 Å². The third kappa shape index (κ3) is 2.33. The summed E-state index contributed by atoms with van der Waals surface area (Å²) in [6.07, 6.45) is 6.29. The quantitative estimate of drug-likeness (QED) is 0.671. The molecule has 3 heteroatoms. The Labute approximate surface area is 129 Å². The van der Waals surface area contributed by atoms with Crippen molar-refractivity contribution in [2.75, 3.05) is 7.11 Å². The van der Waals surface area contributed by atoms with Crippen molar-refractivity contribution in [3.05, 3.63) is 54.4 Å². The lowest BCUT2D eigenvalue weighted by Gasteiger charge is -2.08. The number of hydrogen-bond donors (Lipinski definition) is 0. The summed E-state index contributed by atoms with van der Waals surface area (Å²) in [6.45, 7) is 0. The first kappa shape index (κ1) is 13.0. The number of ether oxygens (including phenoxy) is 1. The van der Waals surface area contributed by atoms with Crippen LogP contribution >= 0.6 is 0 Å². The molecule has 3 aromatic rings. The molecule has 2 aromatic heterocycles. The topological polar surface area (TPSA) is 26.5 Å². The van der Waals surface area contributed by atoms with Gasteiger partial charge in [0.1, 0.15) is 11.3 Å². The molecule has 1 fully saturated rings. The van der Waals surface area contributed by atoms with Gasteiger partial charge in [0, 0.05) is 17.7 Å². The molecule has 0 aliphatic heterocycles. The van der Waals surface area contributed by atoms with Crippen LogP contribution in [0, 0.1) is 17.8 Å². The average molecular weight is 288 g/mol. The van der Waals surface area contributed by atoms with E-state index in [4.69, 9.17) is 4.74 Å². The van der Waals surface area contributed by atoms with Gasteiger partial charge >= 0.3 is 0 Å². The molecule has 0 saturated heterocycles. The highest BCUT2D eigenvalue weighted by molar-refractivity contribution is 5.75. The molecule has 4 rings (SSSR count). The number of pyridine rings is 1. The van der Waals surface area contributed by atoms with E-state index < -0.39 is 0 Å². The monoisotopic (exact) mass is 288 g/mol. The van der Waals surface area contributed by atoms with Crippen LogP contribution < -0.4 is 4.74 Å². The van der Waals surface area contributed by atoms with E-state index in [1.807, 2.05) is 35.1 Å². The molecule has 0 spiro atoms. The fraction of sp³-hybridized carbons (Fsp3) is 0.211. The summed E-state index contributed by atoms with van der Waals surface area (Å²) in [5, 5.41) is 4.45. The van der Waals surface area contributed by atoms with Crippen molar-refractivity contribution >= 4 is 5.52 Å². The Morgan fingerprint density at radius 1 is 1.18 bits per heavy atom. The van der Waals surface area contributed by atoms with Gasteiger partial charge in [-0.15, -0.1) is 0 Å². The number of fused-ring (bicyclic) bond motifs is 1. The smallest absolute Gasteiger partial charge is 0.146 e. The van der Waals surface area contributed by atoms with Gasteiger partial charge in [0.05, 0.1) is 18.9 Å². The summed E-state index contributed by atoms with van der Waals surface area (Å²) in [5.41, 5.74) is 4.09. The fourth-order valence-electron chi connectivity index (χ4n) is 2.53. The van der Waals surface area contributed by atoms with Crippen molar-refractivity contribution in [2.45, 2.75) is 12.8 Å². The van der Waals surface area contributed by atoms with Gasteiger partial charge in [-0.25, -0.2) is 4.52 Å². The molecule has 2 heterocycles. The van der Waals surface area contributed by atoms with Gasteiger partial charge in [0.25, 0.3) is 0 Å². The SMILES string of the molecule is COc1cc(-c2ccccc2)cn2ncc(C#CC3CC3)c12. The lowest BCUT2D eigenvalue weighted by Crippen LogP contribution is -1.94. The number of rotatable bonds is 2. The Hall–Kier alpha value is -2.73. The molecule has 1 saturated carbocycles. The molecule has 0 atom stereocenters. The first-order chi connectivity index (χ1) is 10.8. The van der Waals surface area contributed by atoms with Crippen LogP contribution in [0.4, 0.5) is 0 Å². The maximum absolute atomic E-state index is 5.58. The molecule has 0 N–H and O–H groups in total. The minimum atomic E-state index is 0.574. The minimum absolute atomic E-state index is 0.574. The van der Waals surface area contributed by atoms with Crippen LogP contribution in [0.15, 0.2) is 48.8 Å². The van der Waals surface area contributed by atoms with Gasteiger partial charge < -0.3 is 4.74 Å². The third-order valence-electron chi connectivity index (χ3n) is 3.89. The van der Waals surface area contributed by atoms with Crippen LogP contribution in [0.2, 0.25) is 0 Å². The molecule has 1 aromatic carbocycles. The second kappa shape index (κ2) is 5.23. The van der Waals surface area contributed by atoms with Gasteiger partial charge in [-0.05, 0) is 24.5 Å². The summed E-state index contributed by atoms with van der Waals surface area (Å²) in [7, 11) is 1.69. The second-order valence-electron chi connectivity index (χ2n) is 5.56. The van der Waals surface area contributed by atoms with Gasteiger partial charge in [0.15, 0.2) is 0 Å². The van der Waals surface area contributed by atoms with Crippen molar-refractivity contribution in [2.24, 2.45) is 5.92 Å². The molecular formula is C19H16N2O. The molecule has 1 aliphatic rings. The molecule has 0 radical (unpaired) electrons. The minimum Gasteiger partial charge on any atom is -0.494 e. The van der Waals surface area contributed by atoms with Gasteiger partial charge in [-0.1, -0.05) is 42.2 Å². The van der Waals surface area contributed by atoms with Crippen LogP contribution in [0.5, 0.6) is 5.75 Å². The van der Waals surface area contributed by atoms with E-state index in [0.717, 1.165) is 28.0 Å². The normalized spacial score (nSPS) is 13.7. The van der Waals surface area contributed by atoms with Crippen LogP contribution in [0.1, 0.15) is 18.4 Å². The highest BCUT2D eigenvalue weighted by Gasteiger charge is 2.18. The van der Waals surface area contributed by atoms with E-state index in [2.05, 4.69) is 35.1 Å². The predicted octanol–water partition coefficient (Wildman–Crippen LogP) is 3.77.